The Morgan fingerprint density at radius 1 is 1.42 bits per heavy atom. The Hall–Kier alpha value is -0.180. The zero-order valence-electron chi connectivity index (χ0n) is 8.69. The van der Waals surface area contributed by atoms with E-state index in [0.717, 1.165) is 6.42 Å². The first-order valence-electron chi connectivity index (χ1n) is 4.08. The van der Waals surface area contributed by atoms with Crippen LogP contribution in [0.2, 0.25) is 0 Å². The molecule has 74 valence electrons. The summed E-state index contributed by atoms with van der Waals surface area (Å²) in [4.78, 5) is 10.6. The molecular weight excluding hydrogens is 170 g/mol. The highest BCUT2D eigenvalue weighted by Crippen LogP contribution is 2.20. The predicted octanol–water partition coefficient (Wildman–Crippen LogP) is 2.06. The van der Waals surface area contributed by atoms with Gasteiger partial charge in [-0.3, -0.25) is 4.79 Å². The Balaban J connectivity index is 0. The number of hydrogen-bond acceptors (Lipinski definition) is 1. The van der Waals surface area contributed by atoms with Gasteiger partial charge in [0, 0.05) is 13.0 Å². The van der Waals surface area contributed by atoms with Crippen LogP contribution < -0.4 is 5.32 Å². The van der Waals surface area contributed by atoms with Crippen molar-refractivity contribution in [3.05, 3.63) is 0 Å². The quantitative estimate of drug-likeness (QED) is 0.711. The molecule has 0 aromatic rings. The zero-order valence-corrected chi connectivity index (χ0v) is 9.69. The van der Waals surface area contributed by atoms with Gasteiger partial charge < -0.3 is 5.32 Å². The lowest BCUT2D eigenvalue weighted by Crippen LogP contribution is -2.33. The van der Waals surface area contributed by atoms with Gasteiger partial charge >= 0.3 is 0 Å². The predicted molar refractivity (Wildman–Crippen MR) is 57.7 cm³/mol. The molecule has 1 N–H and O–H groups in total. The molecule has 0 aromatic carbocycles. The second-order valence-corrected chi connectivity index (χ2v) is 4.37. The van der Waals surface area contributed by atoms with E-state index in [1.54, 1.807) is 6.92 Å². The smallest absolute Gasteiger partial charge is 0.217 e. The number of rotatable bonds is 2. The number of carbonyl (C=O) groups excluding carboxylic acids is 1. The molecule has 0 bridgehead atoms. The normalized spacial score (nSPS) is 13.1. The first kappa shape index (κ1) is 14.3. The third-order valence-electron chi connectivity index (χ3n) is 1.37. The molecular formula is C9H21NOS. The van der Waals surface area contributed by atoms with Crippen LogP contribution in [0, 0.1) is 5.41 Å². The van der Waals surface area contributed by atoms with Crippen molar-refractivity contribution in [2.24, 2.45) is 5.41 Å². The van der Waals surface area contributed by atoms with Gasteiger partial charge in [0.2, 0.25) is 5.91 Å². The van der Waals surface area contributed by atoms with Crippen LogP contribution in [-0.4, -0.2) is 11.9 Å². The van der Waals surface area contributed by atoms with Crippen LogP contribution in [-0.2, 0) is 4.79 Å². The van der Waals surface area contributed by atoms with E-state index >= 15 is 0 Å². The maximum Gasteiger partial charge on any atom is 0.217 e. The van der Waals surface area contributed by atoms with Gasteiger partial charge in [-0.2, -0.15) is 13.5 Å². The minimum atomic E-state index is 0. The van der Waals surface area contributed by atoms with Gasteiger partial charge in [-0.05, 0) is 18.8 Å². The lowest BCUT2D eigenvalue weighted by molar-refractivity contribution is -0.119. The molecule has 0 aromatic heterocycles. The summed E-state index contributed by atoms with van der Waals surface area (Å²) >= 11 is 0. The number of hydrogen-bond donors (Lipinski definition) is 1. The maximum atomic E-state index is 10.6. The van der Waals surface area contributed by atoms with E-state index in [4.69, 9.17) is 0 Å². The molecule has 0 aliphatic rings. The molecule has 0 spiro atoms. The Kier molecular flexibility index (Phi) is 6.53. The van der Waals surface area contributed by atoms with Crippen LogP contribution in [0.3, 0.4) is 0 Å². The molecule has 0 radical (unpaired) electrons. The third-order valence-corrected chi connectivity index (χ3v) is 1.37. The summed E-state index contributed by atoms with van der Waals surface area (Å²) in [5.74, 6) is 0.0572. The molecule has 0 aliphatic carbocycles. The van der Waals surface area contributed by atoms with Crippen molar-refractivity contribution >= 4 is 19.4 Å². The summed E-state index contributed by atoms with van der Waals surface area (Å²) in [6.07, 6.45) is 1.02. The van der Waals surface area contributed by atoms with Crippen LogP contribution >= 0.6 is 13.5 Å². The standard InChI is InChI=1S/C9H19NO.H2S/c1-7(10-8(2)11)6-9(3,4)5;/h7H,6H2,1-5H3,(H,10,11);1H2/t7-;/m0./s1. The topological polar surface area (TPSA) is 29.1 Å². The van der Waals surface area contributed by atoms with E-state index in [1.165, 1.54) is 0 Å². The highest BCUT2D eigenvalue weighted by atomic mass is 32.1. The fraction of sp³-hybridized carbons (Fsp3) is 0.889. The van der Waals surface area contributed by atoms with Crippen molar-refractivity contribution in [1.29, 1.82) is 0 Å². The summed E-state index contributed by atoms with van der Waals surface area (Å²) in [5.41, 5.74) is 0.294. The zero-order chi connectivity index (χ0) is 9.07. The van der Waals surface area contributed by atoms with E-state index in [9.17, 15) is 4.79 Å². The van der Waals surface area contributed by atoms with Gasteiger partial charge in [-0.25, -0.2) is 0 Å². The number of nitrogens with one attached hydrogen (secondary N) is 1. The van der Waals surface area contributed by atoms with Crippen molar-refractivity contribution in [2.45, 2.75) is 47.1 Å². The van der Waals surface area contributed by atoms with Gasteiger partial charge in [0.25, 0.3) is 0 Å². The first-order valence-corrected chi connectivity index (χ1v) is 4.08. The van der Waals surface area contributed by atoms with Crippen molar-refractivity contribution in [3.8, 4) is 0 Å². The third kappa shape index (κ3) is 9.82. The molecule has 0 saturated heterocycles. The van der Waals surface area contributed by atoms with Gasteiger partial charge in [0.1, 0.15) is 0 Å². The molecule has 1 amide bonds. The minimum absolute atomic E-state index is 0. The Morgan fingerprint density at radius 3 is 2.08 bits per heavy atom. The van der Waals surface area contributed by atoms with Gasteiger partial charge in [0.05, 0.1) is 0 Å². The fourth-order valence-electron chi connectivity index (χ4n) is 1.32. The number of carbonyl (C=O) groups is 1. The summed E-state index contributed by atoms with van der Waals surface area (Å²) in [6, 6.07) is 0.285. The Bertz CT molecular complexity index is 140. The van der Waals surface area contributed by atoms with E-state index < -0.39 is 0 Å². The van der Waals surface area contributed by atoms with Crippen LogP contribution in [0.4, 0.5) is 0 Å². The average Bonchev–Trinajstić information content (AvgIpc) is 1.53. The SMILES string of the molecule is CC(=O)N[C@@H](C)CC(C)(C)C.S. The van der Waals surface area contributed by atoms with Crippen LogP contribution in [0.25, 0.3) is 0 Å². The highest BCUT2D eigenvalue weighted by Gasteiger charge is 2.15. The second kappa shape index (κ2) is 5.46. The van der Waals surface area contributed by atoms with Crippen LogP contribution in [0.15, 0.2) is 0 Å². The molecule has 0 heterocycles. The monoisotopic (exact) mass is 191 g/mol. The van der Waals surface area contributed by atoms with Crippen LogP contribution in [0.1, 0.15) is 41.0 Å². The van der Waals surface area contributed by atoms with Crippen molar-refractivity contribution in [3.63, 3.8) is 0 Å². The maximum absolute atomic E-state index is 10.6. The lowest BCUT2D eigenvalue weighted by Gasteiger charge is -2.23. The molecule has 0 unspecified atom stereocenters. The van der Waals surface area contributed by atoms with E-state index in [1.807, 2.05) is 6.92 Å². The Morgan fingerprint density at radius 2 is 1.83 bits per heavy atom. The van der Waals surface area contributed by atoms with Gasteiger partial charge in [-0.1, -0.05) is 20.8 Å². The molecule has 0 fully saturated rings. The van der Waals surface area contributed by atoms with Crippen LogP contribution in [0.5, 0.6) is 0 Å². The van der Waals surface area contributed by atoms with Gasteiger partial charge in [-0.15, -0.1) is 0 Å². The van der Waals surface area contributed by atoms with Crippen molar-refractivity contribution in [1.82, 2.24) is 5.32 Å². The molecule has 0 saturated carbocycles. The summed E-state index contributed by atoms with van der Waals surface area (Å²) in [6.45, 7) is 10.1. The van der Waals surface area contributed by atoms with Gasteiger partial charge in [0.15, 0.2) is 0 Å². The van der Waals surface area contributed by atoms with E-state index in [2.05, 4.69) is 26.1 Å². The summed E-state index contributed by atoms with van der Waals surface area (Å²) in [5, 5.41) is 2.86. The minimum Gasteiger partial charge on any atom is -0.354 e. The van der Waals surface area contributed by atoms with Crippen molar-refractivity contribution < 1.29 is 4.79 Å². The largest absolute Gasteiger partial charge is 0.354 e. The molecule has 12 heavy (non-hydrogen) atoms. The fourth-order valence-corrected chi connectivity index (χ4v) is 1.32. The summed E-state index contributed by atoms with van der Waals surface area (Å²) < 4.78 is 0. The van der Waals surface area contributed by atoms with E-state index in [-0.39, 0.29) is 25.4 Å². The average molecular weight is 191 g/mol. The molecule has 2 nitrogen and oxygen atoms in total. The Labute approximate surface area is 82.6 Å². The molecule has 3 heteroatoms. The molecule has 1 atom stereocenters. The second-order valence-electron chi connectivity index (χ2n) is 4.37. The molecule has 0 rings (SSSR count). The lowest BCUT2D eigenvalue weighted by atomic mass is 9.89. The first-order chi connectivity index (χ1) is 4.81. The number of amides is 1. The van der Waals surface area contributed by atoms with Crippen molar-refractivity contribution in [2.75, 3.05) is 0 Å². The van der Waals surface area contributed by atoms with E-state index in [0.29, 0.717) is 5.41 Å². The summed E-state index contributed by atoms with van der Waals surface area (Å²) in [7, 11) is 0. The molecule has 0 aliphatic heterocycles. The highest BCUT2D eigenvalue weighted by molar-refractivity contribution is 7.59.